The predicted octanol–water partition coefficient (Wildman–Crippen LogP) is 3.77. The van der Waals surface area contributed by atoms with Gasteiger partial charge in [0.1, 0.15) is 0 Å². The topological polar surface area (TPSA) is 72.2 Å². The molecule has 2 rings (SSSR count). The van der Waals surface area contributed by atoms with E-state index in [0.29, 0.717) is 16.9 Å². The summed E-state index contributed by atoms with van der Waals surface area (Å²) < 4.78 is 0. The first-order valence-electron chi connectivity index (χ1n) is 6.05. The van der Waals surface area contributed by atoms with Gasteiger partial charge in [-0.1, -0.05) is 23.2 Å². The first-order valence-corrected chi connectivity index (χ1v) is 6.81. The molecule has 0 radical (unpaired) electrons. The highest BCUT2D eigenvalue weighted by Gasteiger charge is 2.16. The Balaban J connectivity index is 2.34. The van der Waals surface area contributed by atoms with Crippen molar-refractivity contribution in [1.82, 2.24) is 0 Å². The summed E-state index contributed by atoms with van der Waals surface area (Å²) in [6, 6.07) is 9.44. The molecule has 1 amide bonds. The summed E-state index contributed by atoms with van der Waals surface area (Å²) in [5, 5.41) is 3.02. The summed E-state index contributed by atoms with van der Waals surface area (Å²) in [5.74, 6) is -0.469. The van der Waals surface area contributed by atoms with E-state index < -0.39 is 0 Å². The number of nitrogens with one attached hydrogen (secondary N) is 1. The number of nitrogen functional groups attached to an aromatic ring is 1. The minimum Gasteiger partial charge on any atom is -0.399 e. The zero-order chi connectivity index (χ0) is 15.6. The molecule has 21 heavy (non-hydrogen) atoms. The van der Waals surface area contributed by atoms with Gasteiger partial charge in [0.2, 0.25) is 5.91 Å². The number of carbonyl (C=O) groups excluding carboxylic acids is 2. The molecule has 0 atom stereocenters. The van der Waals surface area contributed by atoms with Crippen LogP contribution in [0, 0.1) is 0 Å². The lowest BCUT2D eigenvalue weighted by Gasteiger charge is -2.08. The molecule has 0 bridgehead atoms. The zero-order valence-electron chi connectivity index (χ0n) is 11.1. The lowest BCUT2D eigenvalue weighted by molar-refractivity contribution is -0.114. The second-order valence-electron chi connectivity index (χ2n) is 4.45. The van der Waals surface area contributed by atoms with Crippen LogP contribution in [0.2, 0.25) is 10.0 Å². The van der Waals surface area contributed by atoms with Crippen LogP contribution in [0.1, 0.15) is 22.8 Å². The van der Waals surface area contributed by atoms with Gasteiger partial charge in [0.05, 0.1) is 10.0 Å². The van der Waals surface area contributed by atoms with Gasteiger partial charge in [-0.15, -0.1) is 0 Å². The second kappa shape index (κ2) is 6.16. The molecule has 0 saturated heterocycles. The molecule has 0 spiro atoms. The summed E-state index contributed by atoms with van der Waals surface area (Å²) in [5.41, 5.74) is 7.32. The molecule has 0 unspecified atom stereocenters. The third kappa shape index (κ3) is 3.54. The molecular formula is C15H12Cl2N2O2. The van der Waals surface area contributed by atoms with Crippen LogP contribution in [0.5, 0.6) is 0 Å². The third-order valence-electron chi connectivity index (χ3n) is 2.76. The standard InChI is InChI=1S/C15H12Cl2N2O2/c1-8(20)19-11-4-2-9(3-5-11)15(21)12-6-10(18)7-13(16)14(12)17/h2-7H,18H2,1H3,(H,19,20). The van der Waals surface area contributed by atoms with Gasteiger partial charge < -0.3 is 11.1 Å². The highest BCUT2D eigenvalue weighted by Crippen LogP contribution is 2.30. The Morgan fingerprint density at radius 3 is 2.29 bits per heavy atom. The average molecular weight is 323 g/mol. The lowest BCUT2D eigenvalue weighted by Crippen LogP contribution is -2.07. The van der Waals surface area contributed by atoms with Crippen molar-refractivity contribution in [1.29, 1.82) is 0 Å². The van der Waals surface area contributed by atoms with E-state index in [1.807, 2.05) is 0 Å². The largest absolute Gasteiger partial charge is 0.399 e. The quantitative estimate of drug-likeness (QED) is 0.667. The Bertz CT molecular complexity index is 712. The third-order valence-corrected chi connectivity index (χ3v) is 3.56. The van der Waals surface area contributed by atoms with Crippen LogP contribution in [0.3, 0.4) is 0 Å². The van der Waals surface area contributed by atoms with Crippen LogP contribution in [0.25, 0.3) is 0 Å². The molecule has 3 N–H and O–H groups in total. The molecule has 0 fully saturated rings. The van der Waals surface area contributed by atoms with Gasteiger partial charge in [0.25, 0.3) is 0 Å². The first kappa shape index (κ1) is 15.4. The van der Waals surface area contributed by atoms with Crippen LogP contribution in [0.15, 0.2) is 36.4 Å². The van der Waals surface area contributed by atoms with E-state index in [4.69, 9.17) is 28.9 Å². The number of amides is 1. The number of carbonyl (C=O) groups is 2. The fourth-order valence-corrected chi connectivity index (χ4v) is 2.26. The molecule has 0 aromatic heterocycles. The molecule has 108 valence electrons. The van der Waals surface area contributed by atoms with Crippen LogP contribution in [0.4, 0.5) is 11.4 Å². The van der Waals surface area contributed by atoms with Crippen molar-refractivity contribution in [3.05, 3.63) is 57.6 Å². The number of hydrogen-bond donors (Lipinski definition) is 2. The number of anilines is 2. The zero-order valence-corrected chi connectivity index (χ0v) is 12.6. The first-order chi connectivity index (χ1) is 9.88. The van der Waals surface area contributed by atoms with Gasteiger partial charge in [0, 0.05) is 29.4 Å². The molecule has 0 heterocycles. The van der Waals surface area contributed by atoms with Gasteiger partial charge in [-0.25, -0.2) is 0 Å². The Hall–Kier alpha value is -2.04. The Morgan fingerprint density at radius 1 is 1.10 bits per heavy atom. The summed E-state index contributed by atoms with van der Waals surface area (Å²) in [7, 11) is 0. The number of hydrogen-bond acceptors (Lipinski definition) is 3. The van der Waals surface area contributed by atoms with Gasteiger partial charge in [-0.05, 0) is 36.4 Å². The summed E-state index contributed by atoms with van der Waals surface area (Å²) in [4.78, 5) is 23.4. The predicted molar refractivity (Wildman–Crippen MR) is 85.1 cm³/mol. The van der Waals surface area contributed by atoms with Crippen molar-refractivity contribution in [2.45, 2.75) is 6.92 Å². The second-order valence-corrected chi connectivity index (χ2v) is 5.24. The van der Waals surface area contributed by atoms with Crippen LogP contribution in [-0.4, -0.2) is 11.7 Å². The molecule has 2 aromatic carbocycles. The molecule has 0 aliphatic heterocycles. The highest BCUT2D eigenvalue weighted by atomic mass is 35.5. The maximum absolute atomic E-state index is 12.4. The van der Waals surface area contributed by atoms with Gasteiger partial charge in [0.15, 0.2) is 5.78 Å². The van der Waals surface area contributed by atoms with Gasteiger partial charge >= 0.3 is 0 Å². The molecule has 0 saturated carbocycles. The van der Waals surface area contributed by atoms with E-state index >= 15 is 0 Å². The normalized spacial score (nSPS) is 10.2. The molecule has 0 aliphatic rings. The Morgan fingerprint density at radius 2 is 1.71 bits per heavy atom. The lowest BCUT2D eigenvalue weighted by atomic mass is 10.0. The van der Waals surface area contributed by atoms with E-state index in [2.05, 4.69) is 5.32 Å². The summed E-state index contributed by atoms with van der Waals surface area (Å²) in [6.45, 7) is 1.41. The van der Waals surface area contributed by atoms with E-state index in [1.165, 1.54) is 19.1 Å². The van der Waals surface area contributed by atoms with Crippen LogP contribution >= 0.6 is 23.2 Å². The smallest absolute Gasteiger partial charge is 0.221 e. The van der Waals surface area contributed by atoms with E-state index in [-0.39, 0.29) is 27.3 Å². The van der Waals surface area contributed by atoms with Crippen LogP contribution < -0.4 is 11.1 Å². The van der Waals surface area contributed by atoms with Crippen molar-refractivity contribution in [2.75, 3.05) is 11.1 Å². The van der Waals surface area contributed by atoms with Crippen molar-refractivity contribution >= 4 is 46.3 Å². The van der Waals surface area contributed by atoms with E-state index in [9.17, 15) is 9.59 Å². The minimum atomic E-state index is -0.288. The molecule has 2 aromatic rings. The molecular weight excluding hydrogens is 311 g/mol. The Labute approximate surface area is 131 Å². The fourth-order valence-electron chi connectivity index (χ4n) is 1.84. The maximum Gasteiger partial charge on any atom is 0.221 e. The number of ketones is 1. The molecule has 6 heteroatoms. The van der Waals surface area contributed by atoms with Crippen LogP contribution in [-0.2, 0) is 4.79 Å². The number of benzene rings is 2. The van der Waals surface area contributed by atoms with E-state index in [1.54, 1.807) is 24.3 Å². The van der Waals surface area contributed by atoms with Crippen molar-refractivity contribution in [3.63, 3.8) is 0 Å². The van der Waals surface area contributed by atoms with Gasteiger partial charge in [-0.2, -0.15) is 0 Å². The fraction of sp³-hybridized carbons (Fsp3) is 0.0667. The SMILES string of the molecule is CC(=O)Nc1ccc(C(=O)c2cc(N)cc(Cl)c2Cl)cc1. The minimum absolute atomic E-state index is 0.168. The van der Waals surface area contributed by atoms with Gasteiger partial charge in [-0.3, -0.25) is 9.59 Å². The highest BCUT2D eigenvalue weighted by molar-refractivity contribution is 6.44. The summed E-state index contributed by atoms with van der Waals surface area (Å²) in [6.07, 6.45) is 0. The maximum atomic E-state index is 12.4. The average Bonchev–Trinajstić information content (AvgIpc) is 2.42. The molecule has 0 aliphatic carbocycles. The number of nitrogens with two attached hydrogens (primary N) is 1. The number of rotatable bonds is 3. The van der Waals surface area contributed by atoms with E-state index in [0.717, 1.165) is 0 Å². The van der Waals surface area contributed by atoms with Crippen molar-refractivity contribution in [3.8, 4) is 0 Å². The summed E-state index contributed by atoms with van der Waals surface area (Å²) >= 11 is 12.0. The monoisotopic (exact) mass is 322 g/mol. The van der Waals surface area contributed by atoms with Crippen molar-refractivity contribution in [2.24, 2.45) is 0 Å². The molecule has 4 nitrogen and oxygen atoms in total. The van der Waals surface area contributed by atoms with Crippen molar-refractivity contribution < 1.29 is 9.59 Å². The Kier molecular flexibility index (Phi) is 4.50. The number of halogens is 2.